The molecule has 4 rings (SSSR count). The van der Waals surface area contributed by atoms with E-state index in [9.17, 15) is 24.3 Å². The number of fused-ring (bicyclic) bond motifs is 1. The molecule has 0 aliphatic carbocycles. The van der Waals surface area contributed by atoms with Crippen molar-refractivity contribution in [3.05, 3.63) is 89.0 Å². The maximum atomic E-state index is 13.6. The van der Waals surface area contributed by atoms with Crippen molar-refractivity contribution in [2.24, 2.45) is 22.2 Å². The number of rotatable bonds is 14. The van der Waals surface area contributed by atoms with Crippen LogP contribution < -0.4 is 27.4 Å². The lowest BCUT2D eigenvalue weighted by atomic mass is 10.0. The first-order chi connectivity index (χ1) is 21.6. The summed E-state index contributed by atoms with van der Waals surface area (Å²) in [6.07, 6.45) is 4.47. The van der Waals surface area contributed by atoms with Gasteiger partial charge in [-0.15, -0.1) is 0 Å². The van der Waals surface area contributed by atoms with Gasteiger partial charge in [0.25, 0.3) is 11.8 Å². The molecule has 0 atom stereocenters. The Morgan fingerprint density at radius 3 is 2.38 bits per heavy atom. The van der Waals surface area contributed by atoms with Crippen LogP contribution in [0.1, 0.15) is 63.9 Å². The summed E-state index contributed by atoms with van der Waals surface area (Å²) < 4.78 is 0. The van der Waals surface area contributed by atoms with Crippen LogP contribution in [0.15, 0.2) is 71.7 Å². The van der Waals surface area contributed by atoms with Crippen LogP contribution in [-0.2, 0) is 22.6 Å². The Bertz CT molecular complexity index is 1570. The first-order valence-electron chi connectivity index (χ1n) is 14.9. The molecule has 8 N–H and O–H groups in total. The predicted molar refractivity (Wildman–Crippen MR) is 173 cm³/mol. The molecule has 45 heavy (non-hydrogen) atoms. The highest BCUT2D eigenvalue weighted by Gasteiger charge is 2.32. The highest BCUT2D eigenvalue weighted by molar-refractivity contribution is 6.10. The third-order valence-electron chi connectivity index (χ3n) is 7.42. The summed E-state index contributed by atoms with van der Waals surface area (Å²) in [7, 11) is 0. The number of carboxylic acids is 1. The lowest BCUT2D eigenvalue weighted by Gasteiger charge is -2.23. The van der Waals surface area contributed by atoms with Crippen molar-refractivity contribution in [2.45, 2.75) is 45.1 Å². The predicted octanol–water partition coefficient (Wildman–Crippen LogP) is 3.37. The topological polar surface area (TPSA) is 197 Å². The molecule has 0 bridgehead atoms. The Labute approximate surface area is 261 Å². The number of aryl methyl sites for hydroxylation is 1. The largest absolute Gasteiger partial charge is 0.481 e. The first-order valence-corrected chi connectivity index (χ1v) is 14.9. The van der Waals surface area contributed by atoms with Crippen LogP contribution >= 0.6 is 0 Å². The number of guanidine groups is 1. The van der Waals surface area contributed by atoms with Crippen molar-refractivity contribution < 1.29 is 24.3 Å². The summed E-state index contributed by atoms with van der Waals surface area (Å²) in [5.41, 5.74) is 20.4. The van der Waals surface area contributed by atoms with E-state index in [1.54, 1.807) is 53.4 Å². The quantitative estimate of drug-likeness (QED) is 0.104. The van der Waals surface area contributed by atoms with Gasteiger partial charge in [0.15, 0.2) is 5.96 Å². The number of nitrogens with one attached hydrogen (secondary N) is 1. The van der Waals surface area contributed by atoms with Crippen molar-refractivity contribution in [3.8, 4) is 0 Å². The van der Waals surface area contributed by atoms with E-state index < -0.39 is 5.97 Å². The number of unbranched alkanes of at least 4 members (excludes halogenated alkanes) is 3. The van der Waals surface area contributed by atoms with Gasteiger partial charge in [-0.25, -0.2) is 4.99 Å². The summed E-state index contributed by atoms with van der Waals surface area (Å²) in [6.45, 7) is 0.474. The Hall–Kier alpha value is -5.23. The Morgan fingerprint density at radius 2 is 1.67 bits per heavy atom. The van der Waals surface area contributed by atoms with E-state index in [0.717, 1.165) is 43.2 Å². The number of nitrogens with two attached hydrogens (primary N) is 3. The summed E-state index contributed by atoms with van der Waals surface area (Å²) in [5.74, 6) is -2.18. The minimum absolute atomic E-state index is 0.0784. The van der Waals surface area contributed by atoms with Gasteiger partial charge in [-0.05, 0) is 85.5 Å². The van der Waals surface area contributed by atoms with E-state index in [2.05, 4.69) is 10.3 Å². The lowest BCUT2D eigenvalue weighted by Crippen LogP contribution is -2.40. The molecular weight excluding hydrogens is 574 g/mol. The van der Waals surface area contributed by atoms with Crippen LogP contribution in [0.25, 0.3) is 0 Å². The molecule has 0 fully saturated rings. The molecule has 12 heteroatoms. The minimum atomic E-state index is -1.05. The summed E-state index contributed by atoms with van der Waals surface area (Å²) in [5, 5.41) is 12.1. The van der Waals surface area contributed by atoms with Crippen molar-refractivity contribution >= 4 is 46.7 Å². The summed E-state index contributed by atoms with van der Waals surface area (Å²) in [4.78, 5) is 58.2. The zero-order valence-electron chi connectivity index (χ0n) is 25.1. The van der Waals surface area contributed by atoms with Gasteiger partial charge < -0.3 is 37.4 Å². The van der Waals surface area contributed by atoms with Crippen molar-refractivity contribution in [2.75, 3.05) is 29.9 Å². The molecule has 0 spiro atoms. The number of aliphatic carboxylic acids is 1. The zero-order chi connectivity index (χ0) is 32.3. The van der Waals surface area contributed by atoms with Crippen LogP contribution in [0.4, 0.5) is 17.1 Å². The Kier molecular flexibility index (Phi) is 11.2. The van der Waals surface area contributed by atoms with Crippen molar-refractivity contribution in [3.63, 3.8) is 0 Å². The van der Waals surface area contributed by atoms with E-state index in [0.29, 0.717) is 34.7 Å². The average Bonchev–Trinajstić information content (AvgIpc) is 3.10. The number of amides is 3. The second kappa shape index (κ2) is 15.5. The van der Waals surface area contributed by atoms with E-state index in [1.807, 2.05) is 18.2 Å². The maximum Gasteiger partial charge on any atom is 0.305 e. The number of anilines is 2. The third-order valence-corrected chi connectivity index (χ3v) is 7.42. The molecule has 236 valence electrons. The number of hydrogen-bond acceptors (Lipinski definition) is 6. The van der Waals surface area contributed by atoms with Crippen LogP contribution in [0.5, 0.6) is 0 Å². The second-order valence-electron chi connectivity index (χ2n) is 10.9. The number of hydrogen-bond donors (Lipinski definition) is 5. The number of benzene rings is 3. The van der Waals surface area contributed by atoms with Crippen molar-refractivity contribution in [1.29, 1.82) is 0 Å². The zero-order valence-corrected chi connectivity index (χ0v) is 25.1. The molecule has 0 saturated carbocycles. The molecule has 1 heterocycles. The number of carboxylic acid groups (broad SMARTS) is 1. The highest BCUT2D eigenvalue weighted by Crippen LogP contribution is 2.30. The Morgan fingerprint density at radius 1 is 0.911 bits per heavy atom. The summed E-state index contributed by atoms with van der Waals surface area (Å²) >= 11 is 0. The van der Waals surface area contributed by atoms with Gasteiger partial charge in [-0.2, -0.15) is 0 Å². The van der Waals surface area contributed by atoms with Crippen LogP contribution in [0.2, 0.25) is 0 Å². The van der Waals surface area contributed by atoms with E-state index >= 15 is 0 Å². The third kappa shape index (κ3) is 9.13. The van der Waals surface area contributed by atoms with Gasteiger partial charge in [0.05, 0.1) is 29.9 Å². The van der Waals surface area contributed by atoms with E-state index in [-0.39, 0.29) is 49.7 Å². The monoisotopic (exact) mass is 613 g/mol. The fourth-order valence-electron chi connectivity index (χ4n) is 5.15. The standard InChI is InChI=1S/C33H39N7O5/c34-16-4-2-1-3-6-22-9-14-28-27(19-22)32(45)39(17-15-30(42)43)21-29(41)40(28)20-23-7-5-8-26(18-23)37-31(44)24-10-12-25(13-11-24)38-33(35)36/h5,7-14,18-19H,1-4,6,15-17,20-21,34H2,(H,37,44)(H,42,43)(H4,35,36,38). The van der Waals surface area contributed by atoms with Gasteiger partial charge >= 0.3 is 5.97 Å². The molecule has 3 amide bonds. The minimum Gasteiger partial charge on any atom is -0.481 e. The van der Waals surface area contributed by atoms with Gasteiger partial charge in [-0.1, -0.05) is 31.0 Å². The maximum absolute atomic E-state index is 13.6. The number of nitrogens with zero attached hydrogens (tertiary/aromatic N) is 3. The summed E-state index contributed by atoms with van der Waals surface area (Å²) in [6, 6.07) is 19.1. The average molecular weight is 614 g/mol. The molecule has 0 saturated heterocycles. The number of carbonyl (C=O) groups is 4. The first kappa shape index (κ1) is 32.7. The molecule has 12 nitrogen and oxygen atoms in total. The molecular formula is C33H39N7O5. The fourth-order valence-corrected chi connectivity index (χ4v) is 5.15. The molecule has 0 radical (unpaired) electrons. The van der Waals surface area contributed by atoms with Gasteiger partial charge in [0.2, 0.25) is 5.91 Å². The van der Waals surface area contributed by atoms with E-state index in [4.69, 9.17) is 17.2 Å². The number of aliphatic imine (C=N–C) groups is 1. The van der Waals surface area contributed by atoms with Gasteiger partial charge in [0.1, 0.15) is 6.54 Å². The van der Waals surface area contributed by atoms with Crippen molar-refractivity contribution in [1.82, 2.24) is 4.90 Å². The normalized spacial score (nSPS) is 12.8. The molecule has 1 aliphatic rings. The molecule has 0 unspecified atom stereocenters. The molecule has 0 aromatic heterocycles. The van der Waals surface area contributed by atoms with E-state index in [1.165, 1.54) is 4.90 Å². The fraction of sp³-hybridized carbons (Fsp3) is 0.303. The lowest BCUT2D eigenvalue weighted by molar-refractivity contribution is -0.137. The second-order valence-corrected chi connectivity index (χ2v) is 10.9. The molecule has 3 aromatic rings. The van der Waals surface area contributed by atoms with Crippen LogP contribution in [0.3, 0.4) is 0 Å². The van der Waals surface area contributed by atoms with Crippen LogP contribution in [-0.4, -0.2) is 59.3 Å². The van der Waals surface area contributed by atoms with Gasteiger partial charge in [0, 0.05) is 17.8 Å². The number of carbonyl (C=O) groups excluding carboxylic acids is 3. The van der Waals surface area contributed by atoms with Crippen LogP contribution in [0, 0.1) is 0 Å². The molecule has 1 aliphatic heterocycles. The highest BCUT2D eigenvalue weighted by atomic mass is 16.4. The smallest absolute Gasteiger partial charge is 0.305 e. The van der Waals surface area contributed by atoms with Gasteiger partial charge in [-0.3, -0.25) is 19.2 Å². The Balaban J connectivity index is 1.55. The SMILES string of the molecule is NCCCCCCc1ccc2c(c1)C(=O)N(CCC(=O)O)CC(=O)N2Cc1cccc(NC(=O)c2ccc(N=C(N)N)cc2)c1. The molecule has 3 aromatic carbocycles.